The molecule has 3 nitrogen and oxygen atoms in total. The molecular weight excluding hydrogens is 228 g/mol. The average molecular weight is 243 g/mol. The fourth-order valence-corrected chi connectivity index (χ4v) is 1.69. The van der Waals surface area contributed by atoms with Crippen LogP contribution in [0.15, 0.2) is 12.1 Å². The molecule has 0 aliphatic carbocycles. The third-order valence-electron chi connectivity index (χ3n) is 2.49. The molecule has 0 radical (unpaired) electrons. The largest absolute Gasteiger partial charge is 0.495 e. The second kappa shape index (κ2) is 5.72. The number of rotatable bonds is 5. The number of hydrogen-bond donors (Lipinski definition) is 1. The molecule has 17 heavy (non-hydrogen) atoms. The lowest BCUT2D eigenvalue weighted by molar-refractivity contribution is 0.0980. The van der Waals surface area contributed by atoms with Gasteiger partial charge in [-0.1, -0.05) is 6.07 Å². The SMILES string of the molecule is COc1c(C(F)F)ccc(C)c1C(=O)CCN. The molecule has 0 bridgehead atoms. The molecular formula is C12H15F2NO2. The molecule has 1 rings (SSSR count). The maximum atomic E-state index is 12.8. The highest BCUT2D eigenvalue weighted by Crippen LogP contribution is 2.34. The van der Waals surface area contributed by atoms with Gasteiger partial charge in [-0.25, -0.2) is 8.78 Å². The van der Waals surface area contributed by atoms with Gasteiger partial charge >= 0.3 is 0 Å². The van der Waals surface area contributed by atoms with Crippen LogP contribution in [0.25, 0.3) is 0 Å². The number of carbonyl (C=O) groups excluding carboxylic acids is 1. The second-order valence-corrected chi connectivity index (χ2v) is 3.64. The van der Waals surface area contributed by atoms with E-state index >= 15 is 0 Å². The molecule has 0 saturated heterocycles. The van der Waals surface area contributed by atoms with Crippen molar-refractivity contribution in [2.24, 2.45) is 5.73 Å². The number of methoxy groups -OCH3 is 1. The molecule has 0 amide bonds. The summed E-state index contributed by atoms with van der Waals surface area (Å²) in [6, 6.07) is 2.77. The minimum Gasteiger partial charge on any atom is -0.495 e. The Balaban J connectivity index is 3.35. The second-order valence-electron chi connectivity index (χ2n) is 3.64. The van der Waals surface area contributed by atoms with Gasteiger partial charge in [0, 0.05) is 6.42 Å². The summed E-state index contributed by atoms with van der Waals surface area (Å²) >= 11 is 0. The summed E-state index contributed by atoms with van der Waals surface area (Å²) in [5, 5.41) is 0. The molecule has 0 fully saturated rings. The van der Waals surface area contributed by atoms with Gasteiger partial charge in [0.1, 0.15) is 5.75 Å². The maximum Gasteiger partial charge on any atom is 0.267 e. The topological polar surface area (TPSA) is 52.3 Å². The fourth-order valence-electron chi connectivity index (χ4n) is 1.69. The first-order valence-corrected chi connectivity index (χ1v) is 5.21. The van der Waals surface area contributed by atoms with Gasteiger partial charge in [0.05, 0.1) is 18.2 Å². The van der Waals surface area contributed by atoms with Gasteiger partial charge < -0.3 is 10.5 Å². The number of ether oxygens (including phenoxy) is 1. The van der Waals surface area contributed by atoms with E-state index in [0.717, 1.165) is 0 Å². The lowest BCUT2D eigenvalue weighted by Crippen LogP contribution is -2.12. The quantitative estimate of drug-likeness (QED) is 0.808. The molecule has 2 N–H and O–H groups in total. The van der Waals surface area contributed by atoms with Crippen molar-refractivity contribution in [2.75, 3.05) is 13.7 Å². The molecule has 94 valence electrons. The minimum atomic E-state index is -2.67. The summed E-state index contributed by atoms with van der Waals surface area (Å²) < 4.78 is 30.5. The summed E-state index contributed by atoms with van der Waals surface area (Å²) in [7, 11) is 1.28. The first kappa shape index (κ1) is 13.6. The number of nitrogens with two attached hydrogens (primary N) is 1. The Hall–Kier alpha value is -1.49. The van der Waals surface area contributed by atoms with E-state index in [1.54, 1.807) is 6.92 Å². The standard InChI is InChI=1S/C12H15F2NO2/c1-7-3-4-8(12(13)14)11(17-2)10(7)9(16)5-6-15/h3-4,12H,5-6,15H2,1-2H3. The van der Waals surface area contributed by atoms with Gasteiger partial charge in [0.15, 0.2) is 5.78 Å². The summed E-state index contributed by atoms with van der Waals surface area (Å²) in [6.45, 7) is 1.86. The van der Waals surface area contributed by atoms with E-state index in [1.807, 2.05) is 0 Å². The molecule has 0 spiro atoms. The molecule has 5 heteroatoms. The van der Waals surface area contributed by atoms with E-state index < -0.39 is 6.43 Å². The Morgan fingerprint density at radius 1 is 1.47 bits per heavy atom. The number of carbonyl (C=O) groups is 1. The number of aryl methyl sites for hydroxylation is 1. The third kappa shape index (κ3) is 2.79. The first-order chi connectivity index (χ1) is 8.02. The fraction of sp³-hybridized carbons (Fsp3) is 0.417. The van der Waals surface area contributed by atoms with Crippen molar-refractivity contribution >= 4 is 5.78 Å². The predicted octanol–water partition coefficient (Wildman–Crippen LogP) is 2.47. The van der Waals surface area contributed by atoms with E-state index in [2.05, 4.69) is 0 Å². The van der Waals surface area contributed by atoms with E-state index in [-0.39, 0.29) is 35.6 Å². The highest BCUT2D eigenvalue weighted by Gasteiger charge is 2.22. The third-order valence-corrected chi connectivity index (χ3v) is 2.49. The van der Waals surface area contributed by atoms with Gasteiger partial charge in [-0.05, 0) is 25.1 Å². The molecule has 0 saturated carbocycles. The molecule has 0 aliphatic rings. The number of ketones is 1. The number of benzene rings is 1. The van der Waals surface area contributed by atoms with Crippen molar-refractivity contribution < 1.29 is 18.3 Å². The van der Waals surface area contributed by atoms with Gasteiger partial charge in [0.2, 0.25) is 0 Å². The van der Waals surface area contributed by atoms with Crippen molar-refractivity contribution in [1.82, 2.24) is 0 Å². The Kier molecular flexibility index (Phi) is 4.57. The maximum absolute atomic E-state index is 12.8. The van der Waals surface area contributed by atoms with E-state index in [1.165, 1.54) is 19.2 Å². The normalized spacial score (nSPS) is 10.7. The lowest BCUT2D eigenvalue weighted by Gasteiger charge is -2.14. The average Bonchev–Trinajstić information content (AvgIpc) is 2.28. The molecule has 0 heterocycles. The minimum absolute atomic E-state index is 0.0431. The van der Waals surface area contributed by atoms with Crippen molar-refractivity contribution in [3.05, 3.63) is 28.8 Å². The zero-order valence-electron chi connectivity index (χ0n) is 9.80. The summed E-state index contributed by atoms with van der Waals surface area (Å²) in [5.41, 5.74) is 5.85. The Morgan fingerprint density at radius 2 is 2.12 bits per heavy atom. The van der Waals surface area contributed by atoms with Gasteiger partial charge in [0.25, 0.3) is 6.43 Å². The van der Waals surface area contributed by atoms with Crippen molar-refractivity contribution in [3.8, 4) is 5.75 Å². The van der Waals surface area contributed by atoms with Crippen LogP contribution in [-0.4, -0.2) is 19.4 Å². The first-order valence-electron chi connectivity index (χ1n) is 5.21. The zero-order valence-corrected chi connectivity index (χ0v) is 9.80. The van der Waals surface area contributed by atoms with E-state index in [4.69, 9.17) is 10.5 Å². The van der Waals surface area contributed by atoms with E-state index in [9.17, 15) is 13.6 Å². The van der Waals surface area contributed by atoms with E-state index in [0.29, 0.717) is 5.56 Å². The van der Waals surface area contributed by atoms with Crippen LogP contribution in [0.5, 0.6) is 5.75 Å². The van der Waals surface area contributed by atoms with Crippen LogP contribution in [0.3, 0.4) is 0 Å². The molecule has 0 aromatic heterocycles. The molecule has 0 unspecified atom stereocenters. The summed E-state index contributed by atoms with van der Waals surface area (Å²) in [6.07, 6.45) is -2.56. The van der Waals surface area contributed by atoms with Gasteiger partial charge in [-0.2, -0.15) is 0 Å². The highest BCUT2D eigenvalue weighted by atomic mass is 19.3. The highest BCUT2D eigenvalue weighted by molar-refractivity contribution is 6.00. The molecule has 0 aliphatic heterocycles. The van der Waals surface area contributed by atoms with Crippen molar-refractivity contribution in [3.63, 3.8) is 0 Å². The smallest absolute Gasteiger partial charge is 0.267 e. The van der Waals surface area contributed by atoms with Crippen LogP contribution in [-0.2, 0) is 0 Å². The molecule has 1 aromatic rings. The Morgan fingerprint density at radius 3 is 2.59 bits per heavy atom. The number of halogens is 2. The Labute approximate surface area is 98.6 Å². The molecule has 1 aromatic carbocycles. The van der Waals surface area contributed by atoms with Crippen molar-refractivity contribution in [2.45, 2.75) is 19.8 Å². The number of hydrogen-bond acceptors (Lipinski definition) is 3. The van der Waals surface area contributed by atoms with Gasteiger partial charge in [-0.15, -0.1) is 0 Å². The zero-order chi connectivity index (χ0) is 13.0. The predicted molar refractivity (Wildman–Crippen MR) is 60.7 cm³/mol. The number of Topliss-reactive ketones (excluding diaryl/α,β-unsaturated/α-hetero) is 1. The molecule has 0 atom stereocenters. The summed E-state index contributed by atoms with van der Waals surface area (Å²) in [4.78, 5) is 11.8. The van der Waals surface area contributed by atoms with Crippen LogP contribution in [0.4, 0.5) is 8.78 Å². The van der Waals surface area contributed by atoms with Crippen LogP contribution in [0.1, 0.15) is 34.3 Å². The monoisotopic (exact) mass is 243 g/mol. The van der Waals surface area contributed by atoms with Crippen LogP contribution in [0, 0.1) is 6.92 Å². The van der Waals surface area contributed by atoms with Crippen LogP contribution < -0.4 is 10.5 Å². The number of alkyl halides is 2. The van der Waals surface area contributed by atoms with Crippen LogP contribution >= 0.6 is 0 Å². The van der Waals surface area contributed by atoms with Crippen LogP contribution in [0.2, 0.25) is 0 Å². The van der Waals surface area contributed by atoms with Gasteiger partial charge in [-0.3, -0.25) is 4.79 Å². The summed E-state index contributed by atoms with van der Waals surface area (Å²) in [5.74, 6) is -0.317. The Bertz CT molecular complexity index is 419. The van der Waals surface area contributed by atoms with Crippen molar-refractivity contribution in [1.29, 1.82) is 0 Å². The lowest BCUT2D eigenvalue weighted by atomic mass is 9.98.